The van der Waals surface area contributed by atoms with Gasteiger partial charge in [-0.25, -0.2) is 4.39 Å². The minimum absolute atomic E-state index is 0.203. The molecule has 1 aromatic heterocycles. The van der Waals surface area contributed by atoms with Crippen molar-refractivity contribution >= 4 is 23.5 Å². The first-order chi connectivity index (χ1) is 13.5. The normalized spacial score (nSPS) is 11.0. The summed E-state index contributed by atoms with van der Waals surface area (Å²) < 4.78 is 25.5. The number of carbonyl (C=O) groups is 1. The number of allylic oxidation sites excluding steroid dienone is 1. The maximum absolute atomic E-state index is 13.0. The van der Waals surface area contributed by atoms with Crippen molar-refractivity contribution in [2.75, 3.05) is 7.11 Å². The van der Waals surface area contributed by atoms with E-state index in [4.69, 9.17) is 21.1 Å². The summed E-state index contributed by atoms with van der Waals surface area (Å²) in [6.45, 7) is 0.233. The van der Waals surface area contributed by atoms with E-state index in [2.05, 4.69) is 5.10 Å². The van der Waals surface area contributed by atoms with Crippen LogP contribution in [0.15, 0.2) is 54.7 Å². The SMILES string of the molecule is COc1ccc(/C=C/C(=O)c2nn(C)cc2Cl)cc1COc1ccc(F)cc1. The topological polar surface area (TPSA) is 53.3 Å². The average Bonchev–Trinajstić information content (AvgIpc) is 3.04. The van der Waals surface area contributed by atoms with Gasteiger partial charge in [0.05, 0.1) is 12.1 Å². The number of aryl methyl sites for hydroxylation is 1. The highest BCUT2D eigenvalue weighted by atomic mass is 35.5. The summed E-state index contributed by atoms with van der Waals surface area (Å²) in [5.41, 5.74) is 1.78. The van der Waals surface area contributed by atoms with Crippen LogP contribution in [0.2, 0.25) is 5.02 Å². The van der Waals surface area contributed by atoms with Crippen LogP contribution in [0.25, 0.3) is 6.08 Å². The first-order valence-electron chi connectivity index (χ1n) is 8.43. The molecule has 3 rings (SSSR count). The van der Waals surface area contributed by atoms with Crippen LogP contribution in [0.5, 0.6) is 11.5 Å². The lowest BCUT2D eigenvalue weighted by Gasteiger charge is -2.11. The van der Waals surface area contributed by atoms with E-state index in [1.54, 1.807) is 44.6 Å². The molecule has 0 saturated carbocycles. The van der Waals surface area contributed by atoms with Crippen molar-refractivity contribution in [3.8, 4) is 11.5 Å². The quantitative estimate of drug-likeness (QED) is 0.426. The summed E-state index contributed by atoms with van der Waals surface area (Å²) >= 11 is 6.00. The summed E-state index contributed by atoms with van der Waals surface area (Å²) in [7, 11) is 3.27. The van der Waals surface area contributed by atoms with Crippen LogP contribution in [-0.4, -0.2) is 22.7 Å². The van der Waals surface area contributed by atoms with Gasteiger partial charge in [-0.3, -0.25) is 9.48 Å². The van der Waals surface area contributed by atoms with E-state index in [0.29, 0.717) is 16.5 Å². The van der Waals surface area contributed by atoms with Gasteiger partial charge in [0, 0.05) is 18.8 Å². The zero-order valence-electron chi connectivity index (χ0n) is 15.4. The van der Waals surface area contributed by atoms with Crippen molar-refractivity contribution in [1.29, 1.82) is 0 Å². The minimum Gasteiger partial charge on any atom is -0.496 e. The van der Waals surface area contributed by atoms with Crippen molar-refractivity contribution in [3.63, 3.8) is 0 Å². The average molecular weight is 401 g/mol. The van der Waals surface area contributed by atoms with Crippen LogP contribution in [0.4, 0.5) is 4.39 Å². The number of nitrogens with zero attached hydrogens (tertiary/aromatic N) is 2. The predicted octanol–water partition coefficient (Wildman–Crippen LogP) is 4.70. The van der Waals surface area contributed by atoms with Gasteiger partial charge in [0.1, 0.15) is 23.9 Å². The molecule has 144 valence electrons. The lowest BCUT2D eigenvalue weighted by molar-refractivity contribution is 0.104. The van der Waals surface area contributed by atoms with Gasteiger partial charge in [0.25, 0.3) is 0 Å². The second kappa shape index (κ2) is 8.71. The zero-order valence-corrected chi connectivity index (χ0v) is 16.1. The van der Waals surface area contributed by atoms with Crippen molar-refractivity contribution in [1.82, 2.24) is 9.78 Å². The smallest absolute Gasteiger partial charge is 0.207 e. The number of halogens is 2. The Hall–Kier alpha value is -3.12. The molecule has 0 spiro atoms. The first-order valence-corrected chi connectivity index (χ1v) is 8.81. The highest BCUT2D eigenvalue weighted by Gasteiger charge is 2.12. The molecule has 0 saturated heterocycles. The monoisotopic (exact) mass is 400 g/mol. The molecule has 0 fully saturated rings. The predicted molar refractivity (Wildman–Crippen MR) is 105 cm³/mol. The van der Waals surface area contributed by atoms with Crippen LogP contribution < -0.4 is 9.47 Å². The van der Waals surface area contributed by atoms with E-state index >= 15 is 0 Å². The molecule has 7 heteroatoms. The Morgan fingerprint density at radius 3 is 2.64 bits per heavy atom. The number of hydrogen-bond donors (Lipinski definition) is 0. The number of benzene rings is 2. The van der Waals surface area contributed by atoms with Crippen molar-refractivity contribution in [2.45, 2.75) is 6.61 Å². The number of aromatic nitrogens is 2. The number of hydrogen-bond acceptors (Lipinski definition) is 4. The molecule has 3 aromatic rings. The summed E-state index contributed by atoms with van der Waals surface area (Å²) in [4.78, 5) is 12.3. The van der Waals surface area contributed by atoms with Crippen LogP contribution in [-0.2, 0) is 13.7 Å². The van der Waals surface area contributed by atoms with Crippen molar-refractivity contribution < 1.29 is 18.7 Å². The molecule has 0 unspecified atom stereocenters. The van der Waals surface area contributed by atoms with Crippen LogP contribution in [0, 0.1) is 5.82 Å². The maximum Gasteiger partial charge on any atom is 0.207 e. The third-order valence-electron chi connectivity index (χ3n) is 3.96. The molecular formula is C21H18ClFN2O3. The second-order valence-electron chi connectivity index (χ2n) is 6.01. The molecule has 0 atom stereocenters. The lowest BCUT2D eigenvalue weighted by atomic mass is 10.1. The van der Waals surface area contributed by atoms with Gasteiger partial charge in [-0.1, -0.05) is 23.7 Å². The molecule has 0 aliphatic rings. The van der Waals surface area contributed by atoms with Gasteiger partial charge in [0.2, 0.25) is 5.78 Å². The highest BCUT2D eigenvalue weighted by Crippen LogP contribution is 2.23. The fourth-order valence-corrected chi connectivity index (χ4v) is 2.86. The van der Waals surface area contributed by atoms with Crippen LogP contribution in [0.3, 0.4) is 0 Å². The molecule has 2 aromatic carbocycles. The minimum atomic E-state index is -0.324. The highest BCUT2D eigenvalue weighted by molar-refractivity contribution is 6.34. The van der Waals surface area contributed by atoms with Gasteiger partial charge >= 0.3 is 0 Å². The van der Waals surface area contributed by atoms with Crippen molar-refractivity contribution in [2.24, 2.45) is 7.05 Å². The van der Waals surface area contributed by atoms with E-state index in [1.165, 1.54) is 22.9 Å². The summed E-state index contributed by atoms with van der Waals surface area (Å²) in [6, 6.07) is 11.2. The van der Waals surface area contributed by atoms with Crippen LogP contribution in [0.1, 0.15) is 21.6 Å². The Morgan fingerprint density at radius 2 is 2.00 bits per heavy atom. The third-order valence-corrected chi connectivity index (χ3v) is 4.23. The van der Waals surface area contributed by atoms with Gasteiger partial charge in [-0.15, -0.1) is 0 Å². The molecular weight excluding hydrogens is 383 g/mol. The van der Waals surface area contributed by atoms with Gasteiger partial charge in [0.15, 0.2) is 5.69 Å². The van der Waals surface area contributed by atoms with Gasteiger partial charge in [-0.05, 0) is 48.0 Å². The Kier molecular flexibility index (Phi) is 6.11. The largest absolute Gasteiger partial charge is 0.496 e. The first kappa shape index (κ1) is 19.6. The third kappa shape index (κ3) is 4.78. The second-order valence-corrected chi connectivity index (χ2v) is 6.42. The van der Waals surface area contributed by atoms with E-state index in [-0.39, 0.29) is 23.9 Å². The molecule has 0 aliphatic carbocycles. The Labute approximate surface area is 167 Å². The molecule has 0 amide bonds. The van der Waals surface area contributed by atoms with Crippen LogP contribution >= 0.6 is 11.6 Å². The molecule has 0 radical (unpaired) electrons. The fourth-order valence-electron chi connectivity index (χ4n) is 2.58. The Morgan fingerprint density at radius 1 is 1.25 bits per heavy atom. The van der Waals surface area contributed by atoms with Gasteiger partial charge in [-0.2, -0.15) is 5.10 Å². The van der Waals surface area contributed by atoms with E-state index < -0.39 is 0 Å². The molecule has 0 bridgehead atoms. The molecule has 5 nitrogen and oxygen atoms in total. The fraction of sp³-hybridized carbons (Fsp3) is 0.143. The number of carbonyl (C=O) groups excluding carboxylic acids is 1. The maximum atomic E-state index is 13.0. The lowest BCUT2D eigenvalue weighted by Crippen LogP contribution is -2.00. The Bertz CT molecular complexity index is 1010. The zero-order chi connectivity index (χ0) is 20.1. The van der Waals surface area contributed by atoms with E-state index in [0.717, 1.165) is 11.1 Å². The number of methoxy groups -OCH3 is 1. The molecule has 0 N–H and O–H groups in total. The standard InChI is InChI=1S/C21H18ClFN2O3/c1-25-12-18(22)21(24-25)19(26)9-3-14-4-10-20(27-2)15(11-14)13-28-17-7-5-16(23)6-8-17/h3-12H,13H2,1-2H3/b9-3+. The summed E-state index contributed by atoms with van der Waals surface area (Å²) in [5.74, 6) is 0.586. The van der Waals surface area contributed by atoms with E-state index in [1.807, 2.05) is 12.1 Å². The summed E-state index contributed by atoms with van der Waals surface area (Å²) in [6.07, 6.45) is 4.66. The Balaban J connectivity index is 1.75. The number of ether oxygens (including phenoxy) is 2. The van der Waals surface area contributed by atoms with E-state index in [9.17, 15) is 9.18 Å². The van der Waals surface area contributed by atoms with Crippen molar-refractivity contribution in [3.05, 3.63) is 82.4 Å². The molecule has 28 heavy (non-hydrogen) atoms. The van der Waals surface area contributed by atoms with Gasteiger partial charge < -0.3 is 9.47 Å². The molecule has 1 heterocycles. The number of ketones is 1. The summed E-state index contributed by atoms with van der Waals surface area (Å²) in [5, 5.41) is 4.36. The number of rotatable bonds is 7. The molecule has 0 aliphatic heterocycles.